The highest BCUT2D eigenvalue weighted by atomic mass is 16.5. The lowest BCUT2D eigenvalue weighted by Gasteiger charge is -2.29. The highest BCUT2D eigenvalue weighted by Gasteiger charge is 2.35. The van der Waals surface area contributed by atoms with Crippen molar-refractivity contribution in [3.05, 3.63) is 59.7 Å². The summed E-state index contributed by atoms with van der Waals surface area (Å²) in [7, 11) is 0. The molecule has 178 valence electrons. The number of rotatable bonds is 7. The molecule has 0 aliphatic heterocycles. The summed E-state index contributed by atoms with van der Waals surface area (Å²) in [4.78, 5) is 37.1. The molecule has 7 nitrogen and oxygen atoms in total. The summed E-state index contributed by atoms with van der Waals surface area (Å²) in [6.45, 7) is 6.87. The molecule has 34 heavy (non-hydrogen) atoms. The van der Waals surface area contributed by atoms with Crippen molar-refractivity contribution in [2.45, 2.75) is 52.1 Å². The maximum Gasteiger partial charge on any atom is 0.407 e. The average Bonchev–Trinajstić information content (AvgIpc) is 3.11. The molecule has 2 aromatic carbocycles. The monoisotopic (exact) mass is 462 g/mol. The van der Waals surface area contributed by atoms with E-state index >= 15 is 0 Å². The number of carboxylic acid groups (broad SMARTS) is 1. The minimum atomic E-state index is -1.15. The van der Waals surface area contributed by atoms with Crippen LogP contribution < -0.4 is 10.6 Å². The maximum absolute atomic E-state index is 12.8. The summed E-state index contributed by atoms with van der Waals surface area (Å²) in [5.41, 5.74) is 3.68. The molecular weight excluding hydrogens is 432 g/mol. The van der Waals surface area contributed by atoms with Gasteiger partial charge in [0.1, 0.15) is 18.7 Å². The zero-order valence-electron chi connectivity index (χ0n) is 19.8. The van der Waals surface area contributed by atoms with Crippen molar-refractivity contribution >= 4 is 18.0 Å². The Balaban J connectivity index is 1.69. The van der Waals surface area contributed by atoms with Crippen LogP contribution in [0.1, 0.15) is 51.2 Å². The number of nitrogens with one attached hydrogen (secondary N) is 2. The first-order valence-corrected chi connectivity index (χ1v) is 11.2. The molecule has 0 saturated heterocycles. The minimum absolute atomic E-state index is 0.0308. The number of carbonyl (C=O) groups excluding carboxylic acids is 2. The molecule has 1 aliphatic rings. The second kappa shape index (κ2) is 10.4. The summed E-state index contributed by atoms with van der Waals surface area (Å²) in [6, 6.07) is 13.8. The second-order valence-electron chi connectivity index (χ2n) is 9.30. The molecule has 7 heteroatoms. The fourth-order valence-electron chi connectivity index (χ4n) is 4.09. The zero-order chi connectivity index (χ0) is 24.9. The predicted molar refractivity (Wildman–Crippen MR) is 129 cm³/mol. The number of hydrogen-bond acceptors (Lipinski definition) is 4. The van der Waals surface area contributed by atoms with Gasteiger partial charge in [-0.1, -0.05) is 69.3 Å². The van der Waals surface area contributed by atoms with Crippen LogP contribution in [0.4, 0.5) is 4.79 Å². The lowest BCUT2D eigenvalue weighted by molar-refractivity contribution is -0.145. The van der Waals surface area contributed by atoms with Crippen LogP contribution in [0.25, 0.3) is 11.1 Å². The van der Waals surface area contributed by atoms with Gasteiger partial charge in [0.2, 0.25) is 5.91 Å². The first-order chi connectivity index (χ1) is 16.1. The molecule has 0 aromatic heterocycles. The molecule has 0 spiro atoms. The van der Waals surface area contributed by atoms with Crippen LogP contribution in [0.2, 0.25) is 0 Å². The summed E-state index contributed by atoms with van der Waals surface area (Å²) < 4.78 is 5.53. The van der Waals surface area contributed by atoms with Crippen molar-refractivity contribution < 1.29 is 24.2 Å². The molecule has 2 amide bonds. The predicted octanol–water partition coefficient (Wildman–Crippen LogP) is 3.92. The van der Waals surface area contributed by atoms with Gasteiger partial charge in [0, 0.05) is 12.3 Å². The van der Waals surface area contributed by atoms with Crippen LogP contribution >= 0.6 is 0 Å². The maximum atomic E-state index is 12.8. The number of amides is 2. The Morgan fingerprint density at radius 3 is 2.06 bits per heavy atom. The number of fused-ring (bicyclic) bond motifs is 3. The second-order valence-corrected chi connectivity index (χ2v) is 9.30. The van der Waals surface area contributed by atoms with E-state index in [9.17, 15) is 19.5 Å². The molecule has 0 saturated carbocycles. The normalized spacial score (nSPS) is 14.0. The van der Waals surface area contributed by atoms with Gasteiger partial charge in [0.15, 0.2) is 0 Å². The van der Waals surface area contributed by atoms with Gasteiger partial charge < -0.3 is 20.5 Å². The topological polar surface area (TPSA) is 105 Å². The van der Waals surface area contributed by atoms with Crippen LogP contribution in [0, 0.1) is 17.3 Å². The van der Waals surface area contributed by atoms with E-state index in [4.69, 9.17) is 4.74 Å². The number of aliphatic carboxylic acids is 1. The average molecular weight is 463 g/mol. The molecule has 0 heterocycles. The van der Waals surface area contributed by atoms with E-state index in [1.807, 2.05) is 48.5 Å². The Hall–Kier alpha value is -3.79. The smallest absolute Gasteiger partial charge is 0.407 e. The van der Waals surface area contributed by atoms with E-state index in [1.54, 1.807) is 27.7 Å². The van der Waals surface area contributed by atoms with Gasteiger partial charge in [-0.2, -0.15) is 0 Å². The Bertz CT molecular complexity index is 1090. The van der Waals surface area contributed by atoms with Crippen LogP contribution in [-0.4, -0.2) is 41.8 Å². The van der Waals surface area contributed by atoms with Crippen LogP contribution in [0.15, 0.2) is 48.5 Å². The summed E-state index contributed by atoms with van der Waals surface area (Å²) in [6.07, 6.45) is -0.731. The van der Waals surface area contributed by atoms with E-state index in [1.165, 1.54) is 0 Å². The quantitative estimate of drug-likeness (QED) is 0.541. The molecule has 2 atom stereocenters. The third-order valence-corrected chi connectivity index (χ3v) is 5.83. The SMILES string of the molecule is CC#CCC(NC(=O)OCC1c2ccccc2-c2ccccc21)C(=O)NC(C(=O)O)C(C)(C)C. The van der Waals surface area contributed by atoms with Crippen LogP contribution in [0.3, 0.4) is 0 Å². The molecule has 2 aromatic rings. The zero-order valence-corrected chi connectivity index (χ0v) is 19.8. The third-order valence-electron chi connectivity index (χ3n) is 5.83. The third kappa shape index (κ3) is 5.57. The van der Waals surface area contributed by atoms with Crippen molar-refractivity contribution in [2.75, 3.05) is 6.61 Å². The number of alkyl carbamates (subject to hydrolysis) is 1. The van der Waals surface area contributed by atoms with Crippen molar-refractivity contribution in [1.29, 1.82) is 0 Å². The van der Waals surface area contributed by atoms with E-state index in [0.29, 0.717) is 0 Å². The Morgan fingerprint density at radius 2 is 1.56 bits per heavy atom. The molecule has 3 N–H and O–H groups in total. The number of carbonyl (C=O) groups is 3. The molecular formula is C27H30N2O5. The highest BCUT2D eigenvalue weighted by Crippen LogP contribution is 2.44. The standard InChI is InChI=1S/C27H30N2O5/c1-5-6-15-22(24(30)29-23(25(31)32)27(2,3)4)28-26(33)34-16-21-19-13-9-7-11-17(19)18-12-8-10-14-20(18)21/h7-14,21-23H,15-16H2,1-4H3,(H,28,33)(H,29,30)(H,31,32). The van der Waals surface area contributed by atoms with Crippen molar-refractivity contribution in [3.63, 3.8) is 0 Å². The largest absolute Gasteiger partial charge is 0.480 e. The lowest BCUT2D eigenvalue weighted by atomic mass is 9.86. The molecule has 0 radical (unpaired) electrons. The van der Waals surface area contributed by atoms with Crippen LogP contribution in [-0.2, 0) is 14.3 Å². The van der Waals surface area contributed by atoms with E-state index < -0.39 is 35.5 Å². The van der Waals surface area contributed by atoms with Crippen molar-refractivity contribution in [1.82, 2.24) is 10.6 Å². The van der Waals surface area contributed by atoms with E-state index in [0.717, 1.165) is 22.3 Å². The fourth-order valence-corrected chi connectivity index (χ4v) is 4.09. The van der Waals surface area contributed by atoms with Gasteiger partial charge in [0.25, 0.3) is 0 Å². The summed E-state index contributed by atoms with van der Waals surface area (Å²) in [5.74, 6) is 3.57. The van der Waals surface area contributed by atoms with Gasteiger partial charge in [-0.05, 0) is 34.6 Å². The number of ether oxygens (including phenoxy) is 1. The Morgan fingerprint density at radius 1 is 1.00 bits per heavy atom. The Labute approximate surface area is 199 Å². The molecule has 3 rings (SSSR count). The minimum Gasteiger partial charge on any atom is -0.480 e. The first kappa shape index (κ1) is 24.8. The van der Waals surface area contributed by atoms with Gasteiger partial charge in [-0.15, -0.1) is 11.8 Å². The van der Waals surface area contributed by atoms with Gasteiger partial charge in [0.05, 0.1) is 0 Å². The van der Waals surface area contributed by atoms with Crippen molar-refractivity contribution in [2.24, 2.45) is 5.41 Å². The lowest BCUT2D eigenvalue weighted by Crippen LogP contribution is -2.55. The van der Waals surface area contributed by atoms with Gasteiger partial charge in [-0.3, -0.25) is 4.79 Å². The molecule has 1 aliphatic carbocycles. The van der Waals surface area contributed by atoms with Crippen molar-refractivity contribution in [3.8, 4) is 23.0 Å². The van der Waals surface area contributed by atoms with Gasteiger partial charge in [-0.25, -0.2) is 9.59 Å². The number of carboxylic acids is 1. The molecule has 0 bridgehead atoms. The summed E-state index contributed by atoms with van der Waals surface area (Å²) >= 11 is 0. The number of hydrogen-bond donors (Lipinski definition) is 3. The molecule has 0 fully saturated rings. The Kier molecular flexibility index (Phi) is 7.62. The van der Waals surface area contributed by atoms with Gasteiger partial charge >= 0.3 is 12.1 Å². The first-order valence-electron chi connectivity index (χ1n) is 11.2. The fraction of sp³-hybridized carbons (Fsp3) is 0.370. The summed E-state index contributed by atoms with van der Waals surface area (Å²) in [5, 5.41) is 14.6. The van der Waals surface area contributed by atoms with E-state index in [-0.39, 0.29) is 18.9 Å². The molecule has 2 unspecified atom stereocenters. The highest BCUT2D eigenvalue weighted by molar-refractivity contribution is 5.90. The van der Waals surface area contributed by atoms with E-state index in [2.05, 4.69) is 22.5 Å². The van der Waals surface area contributed by atoms with Crippen LogP contribution in [0.5, 0.6) is 0 Å². The number of benzene rings is 2.